The van der Waals surface area contributed by atoms with E-state index in [0.29, 0.717) is 12.0 Å². The summed E-state index contributed by atoms with van der Waals surface area (Å²) in [5, 5.41) is 0.786. The molecule has 1 aliphatic rings. The summed E-state index contributed by atoms with van der Waals surface area (Å²) in [4.78, 5) is 4.52. The molecule has 1 saturated carbocycles. The van der Waals surface area contributed by atoms with Crippen LogP contribution in [0.15, 0.2) is 18.2 Å². The summed E-state index contributed by atoms with van der Waals surface area (Å²) in [6.45, 7) is 2.27. The largest absolute Gasteiger partial charge is 0.466 e. The number of thiazole rings is 1. The van der Waals surface area contributed by atoms with Gasteiger partial charge in [0.15, 0.2) is 0 Å². The van der Waals surface area contributed by atoms with Crippen LogP contribution >= 0.6 is 11.3 Å². The Morgan fingerprint density at radius 3 is 3.00 bits per heavy atom. The van der Waals surface area contributed by atoms with Gasteiger partial charge in [-0.25, -0.2) is 4.98 Å². The maximum Gasteiger partial charge on any atom is 0.274 e. The lowest BCUT2D eigenvalue weighted by molar-refractivity contribution is 0.102. The maximum atomic E-state index is 6.06. The van der Waals surface area contributed by atoms with Crippen molar-refractivity contribution in [1.29, 1.82) is 0 Å². The Kier molecular flexibility index (Phi) is 3.12. The zero-order valence-corrected chi connectivity index (χ0v) is 11.4. The fourth-order valence-corrected chi connectivity index (χ4v) is 3.47. The molecule has 0 bridgehead atoms. The highest BCUT2D eigenvalue weighted by molar-refractivity contribution is 7.20. The van der Waals surface area contributed by atoms with Crippen molar-refractivity contribution >= 4 is 27.2 Å². The topological polar surface area (TPSA) is 48.1 Å². The van der Waals surface area contributed by atoms with E-state index in [1.807, 2.05) is 18.2 Å². The molecule has 96 valence electrons. The standard InChI is InChI=1S/C14H18N2OS/c1-9-4-2-3-5-12(9)17-14-16-11-7-6-10(15)8-13(11)18-14/h6-9,12H,2-5,15H2,1H3. The van der Waals surface area contributed by atoms with Crippen LogP contribution in [-0.4, -0.2) is 11.1 Å². The first-order valence-corrected chi connectivity index (χ1v) is 7.37. The van der Waals surface area contributed by atoms with Gasteiger partial charge < -0.3 is 10.5 Å². The fourth-order valence-electron chi connectivity index (χ4n) is 2.56. The molecule has 1 heterocycles. The predicted molar refractivity (Wildman–Crippen MR) is 76.1 cm³/mol. The molecule has 0 amide bonds. The van der Waals surface area contributed by atoms with Gasteiger partial charge >= 0.3 is 0 Å². The van der Waals surface area contributed by atoms with Gasteiger partial charge in [0.2, 0.25) is 0 Å². The van der Waals surface area contributed by atoms with E-state index >= 15 is 0 Å². The van der Waals surface area contributed by atoms with Gasteiger partial charge in [0.25, 0.3) is 5.19 Å². The van der Waals surface area contributed by atoms with Crippen LogP contribution in [0.5, 0.6) is 5.19 Å². The third-order valence-electron chi connectivity index (χ3n) is 3.68. The highest BCUT2D eigenvalue weighted by atomic mass is 32.1. The van der Waals surface area contributed by atoms with Crippen molar-refractivity contribution in [1.82, 2.24) is 4.98 Å². The average molecular weight is 262 g/mol. The number of anilines is 1. The molecule has 0 aliphatic heterocycles. The maximum absolute atomic E-state index is 6.06. The Morgan fingerprint density at radius 1 is 1.33 bits per heavy atom. The Balaban J connectivity index is 1.81. The van der Waals surface area contributed by atoms with Gasteiger partial charge in [-0.1, -0.05) is 24.7 Å². The van der Waals surface area contributed by atoms with Gasteiger partial charge in [-0.15, -0.1) is 0 Å². The number of ether oxygens (including phenoxy) is 1. The lowest BCUT2D eigenvalue weighted by Crippen LogP contribution is -2.28. The molecule has 0 spiro atoms. The number of hydrogen-bond donors (Lipinski definition) is 1. The fraction of sp³-hybridized carbons (Fsp3) is 0.500. The minimum absolute atomic E-state index is 0.330. The minimum Gasteiger partial charge on any atom is -0.466 e. The van der Waals surface area contributed by atoms with Crippen LogP contribution in [0.2, 0.25) is 0 Å². The first-order valence-electron chi connectivity index (χ1n) is 6.55. The highest BCUT2D eigenvalue weighted by Gasteiger charge is 2.23. The van der Waals surface area contributed by atoms with Gasteiger partial charge in [0.05, 0.1) is 10.2 Å². The number of rotatable bonds is 2. The Labute approximate surface area is 111 Å². The van der Waals surface area contributed by atoms with Crippen molar-refractivity contribution in [2.24, 2.45) is 5.92 Å². The SMILES string of the molecule is CC1CCCCC1Oc1nc2ccc(N)cc2s1. The Bertz CT molecular complexity index is 552. The monoisotopic (exact) mass is 262 g/mol. The number of hydrogen-bond acceptors (Lipinski definition) is 4. The molecule has 3 nitrogen and oxygen atoms in total. The third kappa shape index (κ3) is 2.29. The number of nitrogen functional groups attached to an aromatic ring is 1. The molecule has 1 fully saturated rings. The molecule has 2 unspecified atom stereocenters. The predicted octanol–water partition coefficient (Wildman–Crippen LogP) is 3.84. The second-order valence-electron chi connectivity index (χ2n) is 5.12. The molecule has 3 rings (SSSR count). The number of nitrogens with zero attached hydrogens (tertiary/aromatic N) is 1. The van der Waals surface area contributed by atoms with E-state index in [-0.39, 0.29) is 0 Å². The smallest absolute Gasteiger partial charge is 0.274 e. The minimum atomic E-state index is 0.330. The number of fused-ring (bicyclic) bond motifs is 1. The van der Waals surface area contributed by atoms with Crippen LogP contribution in [0.1, 0.15) is 32.6 Å². The van der Waals surface area contributed by atoms with Gasteiger partial charge in [0.1, 0.15) is 6.10 Å². The first-order chi connectivity index (χ1) is 8.72. The number of nitrogens with two attached hydrogens (primary N) is 1. The quantitative estimate of drug-likeness (QED) is 0.837. The van der Waals surface area contributed by atoms with Crippen LogP contribution in [0.4, 0.5) is 5.69 Å². The lowest BCUT2D eigenvalue weighted by atomic mass is 9.88. The highest BCUT2D eigenvalue weighted by Crippen LogP contribution is 2.33. The van der Waals surface area contributed by atoms with E-state index in [2.05, 4.69) is 11.9 Å². The molecular weight excluding hydrogens is 244 g/mol. The van der Waals surface area contributed by atoms with Gasteiger partial charge in [-0.05, 0) is 43.4 Å². The van der Waals surface area contributed by atoms with Crippen LogP contribution in [-0.2, 0) is 0 Å². The van der Waals surface area contributed by atoms with Gasteiger partial charge in [0, 0.05) is 5.69 Å². The van der Waals surface area contributed by atoms with E-state index < -0.39 is 0 Å². The molecule has 2 aromatic rings. The average Bonchev–Trinajstić information content (AvgIpc) is 2.73. The van der Waals surface area contributed by atoms with Crippen LogP contribution < -0.4 is 10.5 Å². The second kappa shape index (κ2) is 4.76. The molecule has 2 atom stereocenters. The summed E-state index contributed by atoms with van der Waals surface area (Å²) in [6, 6.07) is 5.80. The van der Waals surface area contributed by atoms with E-state index in [4.69, 9.17) is 10.5 Å². The Hall–Kier alpha value is -1.29. The molecule has 0 saturated heterocycles. The summed E-state index contributed by atoms with van der Waals surface area (Å²) in [6.07, 6.45) is 5.35. The Morgan fingerprint density at radius 2 is 2.17 bits per heavy atom. The van der Waals surface area contributed by atoms with Crippen molar-refractivity contribution in [3.63, 3.8) is 0 Å². The molecule has 1 aromatic carbocycles. The summed E-state index contributed by atoms with van der Waals surface area (Å²) < 4.78 is 7.16. The summed E-state index contributed by atoms with van der Waals surface area (Å²) in [5.41, 5.74) is 7.54. The van der Waals surface area contributed by atoms with E-state index in [1.165, 1.54) is 19.3 Å². The van der Waals surface area contributed by atoms with E-state index in [0.717, 1.165) is 27.5 Å². The van der Waals surface area contributed by atoms with Crippen molar-refractivity contribution < 1.29 is 4.74 Å². The molecular formula is C14H18N2OS. The van der Waals surface area contributed by atoms with Crippen LogP contribution in [0.3, 0.4) is 0 Å². The number of benzene rings is 1. The van der Waals surface area contributed by atoms with Gasteiger partial charge in [-0.2, -0.15) is 0 Å². The van der Waals surface area contributed by atoms with Crippen molar-refractivity contribution in [3.8, 4) is 5.19 Å². The van der Waals surface area contributed by atoms with Crippen molar-refractivity contribution in [3.05, 3.63) is 18.2 Å². The summed E-state index contributed by atoms with van der Waals surface area (Å²) in [7, 11) is 0. The molecule has 2 N–H and O–H groups in total. The molecule has 4 heteroatoms. The van der Waals surface area contributed by atoms with E-state index in [1.54, 1.807) is 11.3 Å². The van der Waals surface area contributed by atoms with Crippen molar-refractivity contribution in [2.75, 3.05) is 5.73 Å². The third-order valence-corrected chi connectivity index (χ3v) is 4.59. The second-order valence-corrected chi connectivity index (χ2v) is 6.12. The summed E-state index contributed by atoms with van der Waals surface area (Å²) >= 11 is 1.59. The van der Waals surface area contributed by atoms with Crippen molar-refractivity contribution in [2.45, 2.75) is 38.7 Å². The number of aromatic nitrogens is 1. The zero-order chi connectivity index (χ0) is 12.5. The van der Waals surface area contributed by atoms with E-state index in [9.17, 15) is 0 Å². The first kappa shape index (κ1) is 11.8. The normalized spacial score (nSPS) is 24.3. The molecule has 1 aliphatic carbocycles. The molecule has 1 aromatic heterocycles. The molecule has 0 radical (unpaired) electrons. The van der Waals surface area contributed by atoms with Gasteiger partial charge in [-0.3, -0.25) is 0 Å². The zero-order valence-electron chi connectivity index (χ0n) is 10.6. The lowest BCUT2D eigenvalue weighted by Gasteiger charge is -2.28. The summed E-state index contributed by atoms with van der Waals surface area (Å²) in [5.74, 6) is 0.635. The molecule has 18 heavy (non-hydrogen) atoms. The van der Waals surface area contributed by atoms with Crippen LogP contribution in [0, 0.1) is 5.92 Å². The van der Waals surface area contributed by atoms with Crippen LogP contribution in [0.25, 0.3) is 10.2 Å².